The summed E-state index contributed by atoms with van der Waals surface area (Å²) in [5.74, 6) is 2.55. The molecular weight excluding hydrogens is 298 g/mol. The topological polar surface area (TPSA) is 80.9 Å². The van der Waals surface area contributed by atoms with E-state index in [1.54, 1.807) is 21.1 Å². The summed E-state index contributed by atoms with van der Waals surface area (Å²) >= 11 is 0. The van der Waals surface area contributed by atoms with Crippen molar-refractivity contribution in [1.82, 2.24) is 15.0 Å². The van der Waals surface area contributed by atoms with Crippen LogP contribution in [-0.4, -0.2) is 40.9 Å². The maximum Gasteiger partial charge on any atom is 0.243 e. The molecule has 2 heterocycles. The normalized spacial score (nSPS) is 19.3. The highest BCUT2D eigenvalue weighted by Gasteiger charge is 2.33. The summed E-state index contributed by atoms with van der Waals surface area (Å²) in [6.45, 7) is 4.83. The number of rotatable bonds is 4. The summed E-state index contributed by atoms with van der Waals surface area (Å²) < 4.78 is 16.1. The van der Waals surface area contributed by atoms with E-state index in [9.17, 15) is 5.11 Å². The Morgan fingerprint density at radius 1 is 1.30 bits per heavy atom. The lowest BCUT2D eigenvalue weighted by Crippen LogP contribution is -2.36. The van der Waals surface area contributed by atoms with Gasteiger partial charge >= 0.3 is 0 Å². The summed E-state index contributed by atoms with van der Waals surface area (Å²) in [6.07, 6.45) is -0.671. The van der Waals surface area contributed by atoms with E-state index in [1.807, 2.05) is 19.1 Å². The van der Waals surface area contributed by atoms with Crippen molar-refractivity contribution in [2.24, 2.45) is 0 Å². The smallest absolute Gasteiger partial charge is 0.243 e. The van der Waals surface area contributed by atoms with Gasteiger partial charge in [-0.15, -0.1) is 0 Å². The lowest BCUT2D eigenvalue weighted by atomic mass is 9.94. The van der Waals surface area contributed by atoms with E-state index in [0.29, 0.717) is 30.6 Å². The first-order chi connectivity index (χ1) is 11.0. The van der Waals surface area contributed by atoms with Crippen LogP contribution in [0.15, 0.2) is 16.7 Å². The van der Waals surface area contributed by atoms with Crippen molar-refractivity contribution >= 4 is 0 Å². The second-order valence-electron chi connectivity index (χ2n) is 5.66. The third-order valence-corrected chi connectivity index (χ3v) is 4.26. The molecule has 1 aromatic heterocycles. The van der Waals surface area contributed by atoms with Crippen LogP contribution in [0.1, 0.15) is 41.9 Å². The molecule has 0 spiro atoms. The summed E-state index contributed by atoms with van der Waals surface area (Å²) in [5.41, 5.74) is 1.71. The first-order valence-corrected chi connectivity index (χ1v) is 7.51. The van der Waals surface area contributed by atoms with Crippen molar-refractivity contribution in [3.63, 3.8) is 0 Å². The van der Waals surface area contributed by atoms with Crippen LogP contribution in [0.3, 0.4) is 0 Å². The Balaban J connectivity index is 1.96. The Labute approximate surface area is 134 Å². The number of fused-ring (bicyclic) bond motifs is 1. The van der Waals surface area contributed by atoms with Crippen LogP contribution in [0.5, 0.6) is 11.5 Å². The van der Waals surface area contributed by atoms with E-state index in [0.717, 1.165) is 16.9 Å². The van der Waals surface area contributed by atoms with Crippen molar-refractivity contribution in [3.05, 3.63) is 35.0 Å². The number of β-amino-alcohol motifs (C(OH)–C–C–N with tert-alkyl or cyclic N) is 1. The summed E-state index contributed by atoms with van der Waals surface area (Å²) in [7, 11) is 3.23. The van der Waals surface area contributed by atoms with Crippen LogP contribution in [0.4, 0.5) is 0 Å². The molecule has 0 bridgehead atoms. The number of aromatic nitrogens is 2. The summed E-state index contributed by atoms with van der Waals surface area (Å²) in [4.78, 5) is 6.37. The minimum absolute atomic E-state index is 0.102. The molecule has 0 unspecified atom stereocenters. The summed E-state index contributed by atoms with van der Waals surface area (Å²) in [6, 6.07) is 3.58. The van der Waals surface area contributed by atoms with Gasteiger partial charge in [-0.3, -0.25) is 4.90 Å². The number of hydrogen-bond acceptors (Lipinski definition) is 7. The molecule has 124 valence electrons. The molecule has 2 aromatic rings. The van der Waals surface area contributed by atoms with E-state index < -0.39 is 6.10 Å². The van der Waals surface area contributed by atoms with Gasteiger partial charge in [-0.2, -0.15) is 4.98 Å². The average Bonchev–Trinajstić information content (AvgIpc) is 2.99. The van der Waals surface area contributed by atoms with Crippen molar-refractivity contribution in [1.29, 1.82) is 0 Å². The Kier molecular flexibility index (Phi) is 4.23. The van der Waals surface area contributed by atoms with E-state index in [-0.39, 0.29) is 6.04 Å². The highest BCUT2D eigenvalue weighted by molar-refractivity contribution is 5.51. The number of benzene rings is 1. The fraction of sp³-hybridized carbons (Fsp3) is 0.500. The fourth-order valence-corrected chi connectivity index (χ4v) is 3.04. The van der Waals surface area contributed by atoms with Crippen molar-refractivity contribution < 1.29 is 19.1 Å². The van der Waals surface area contributed by atoms with Crippen LogP contribution >= 0.6 is 0 Å². The number of hydrogen-bond donors (Lipinski definition) is 1. The van der Waals surface area contributed by atoms with Gasteiger partial charge in [0.15, 0.2) is 5.82 Å². The van der Waals surface area contributed by atoms with Crippen molar-refractivity contribution in [2.45, 2.75) is 32.5 Å². The van der Waals surface area contributed by atoms with Gasteiger partial charge in [0.05, 0.1) is 26.4 Å². The van der Waals surface area contributed by atoms with Gasteiger partial charge in [0.2, 0.25) is 5.89 Å². The second-order valence-corrected chi connectivity index (χ2v) is 5.66. The molecule has 2 atom stereocenters. The molecule has 0 aliphatic carbocycles. The van der Waals surface area contributed by atoms with Gasteiger partial charge in [0.1, 0.15) is 11.5 Å². The minimum Gasteiger partial charge on any atom is -0.496 e. The molecule has 1 N–H and O–H groups in total. The molecule has 0 radical (unpaired) electrons. The van der Waals surface area contributed by atoms with Crippen LogP contribution < -0.4 is 9.47 Å². The van der Waals surface area contributed by atoms with Gasteiger partial charge in [0, 0.05) is 24.2 Å². The molecular formula is C16H21N3O4. The van der Waals surface area contributed by atoms with Crippen LogP contribution in [0.25, 0.3) is 0 Å². The first kappa shape index (κ1) is 15.8. The molecule has 0 fully saturated rings. The second kappa shape index (κ2) is 6.17. The molecule has 7 heteroatoms. The number of aryl methyl sites for hydroxylation is 1. The lowest BCUT2D eigenvalue weighted by Gasteiger charge is -2.36. The van der Waals surface area contributed by atoms with E-state index in [2.05, 4.69) is 15.0 Å². The molecule has 1 aliphatic heterocycles. The lowest BCUT2D eigenvalue weighted by molar-refractivity contribution is 0.0567. The van der Waals surface area contributed by atoms with Gasteiger partial charge < -0.3 is 19.1 Å². The zero-order chi connectivity index (χ0) is 16.6. The Morgan fingerprint density at radius 3 is 2.61 bits per heavy atom. The molecule has 1 aromatic carbocycles. The molecule has 23 heavy (non-hydrogen) atoms. The highest BCUT2D eigenvalue weighted by Crippen LogP contribution is 2.41. The third-order valence-electron chi connectivity index (χ3n) is 4.26. The van der Waals surface area contributed by atoms with Crippen LogP contribution in [0, 0.1) is 6.92 Å². The SMILES string of the molecule is COc1ccc(OC)c2c1CN([C@H](C)c1nc(C)no1)C[C@H]2O. The van der Waals surface area contributed by atoms with Crippen LogP contribution in [-0.2, 0) is 6.54 Å². The van der Waals surface area contributed by atoms with Crippen molar-refractivity contribution in [2.75, 3.05) is 20.8 Å². The highest BCUT2D eigenvalue weighted by atomic mass is 16.5. The number of nitrogens with zero attached hydrogens (tertiary/aromatic N) is 3. The average molecular weight is 319 g/mol. The fourth-order valence-electron chi connectivity index (χ4n) is 3.04. The zero-order valence-electron chi connectivity index (χ0n) is 13.7. The molecule has 3 rings (SSSR count). The number of aliphatic hydroxyl groups excluding tert-OH is 1. The molecule has 1 aliphatic rings. The quantitative estimate of drug-likeness (QED) is 0.923. The first-order valence-electron chi connectivity index (χ1n) is 7.51. The maximum atomic E-state index is 10.6. The molecule has 0 saturated heterocycles. The largest absolute Gasteiger partial charge is 0.496 e. The van der Waals surface area contributed by atoms with Gasteiger partial charge in [-0.05, 0) is 26.0 Å². The number of ether oxygens (including phenoxy) is 2. The summed E-state index contributed by atoms with van der Waals surface area (Å²) in [5, 5.41) is 14.5. The minimum atomic E-state index is -0.671. The third kappa shape index (κ3) is 2.77. The Bertz CT molecular complexity index is 701. The van der Waals surface area contributed by atoms with E-state index in [1.165, 1.54) is 0 Å². The Hall–Kier alpha value is -2.12. The van der Waals surface area contributed by atoms with Crippen molar-refractivity contribution in [3.8, 4) is 11.5 Å². The van der Waals surface area contributed by atoms with E-state index >= 15 is 0 Å². The van der Waals surface area contributed by atoms with Crippen LogP contribution in [0.2, 0.25) is 0 Å². The van der Waals surface area contributed by atoms with Gasteiger partial charge in [-0.1, -0.05) is 5.16 Å². The van der Waals surface area contributed by atoms with Gasteiger partial charge in [0.25, 0.3) is 0 Å². The standard InChI is InChI=1S/C16H21N3O4/c1-9(16-17-10(2)18-23-16)19-7-11-13(21-3)5-6-14(22-4)15(11)12(20)8-19/h5-6,9,12,20H,7-8H2,1-4H3/t9-,12-/m1/s1. The Morgan fingerprint density at radius 2 is 2.00 bits per heavy atom. The molecule has 0 amide bonds. The van der Waals surface area contributed by atoms with E-state index in [4.69, 9.17) is 14.0 Å². The predicted molar refractivity (Wildman–Crippen MR) is 82.4 cm³/mol. The predicted octanol–water partition coefficient (Wildman–Crippen LogP) is 2.01. The maximum absolute atomic E-state index is 10.6. The molecule has 0 saturated carbocycles. The van der Waals surface area contributed by atoms with Gasteiger partial charge in [-0.25, -0.2) is 0 Å². The number of aliphatic hydroxyl groups is 1. The zero-order valence-corrected chi connectivity index (χ0v) is 13.7. The molecule has 7 nitrogen and oxygen atoms in total. The number of methoxy groups -OCH3 is 2. The monoisotopic (exact) mass is 319 g/mol.